The summed E-state index contributed by atoms with van der Waals surface area (Å²) in [5, 5.41) is 2.70. The number of nitrogens with one attached hydrogen (secondary N) is 1. The largest absolute Gasteiger partial charge is 0.469 e. The molecule has 0 aliphatic rings. The fourth-order valence-corrected chi connectivity index (χ4v) is 1.48. The minimum Gasteiger partial charge on any atom is -0.469 e. The number of carbonyl (C=O) groups excluding carboxylic acids is 2. The van der Waals surface area contributed by atoms with Gasteiger partial charge in [-0.3, -0.25) is 9.59 Å². The summed E-state index contributed by atoms with van der Waals surface area (Å²) in [4.78, 5) is 22.3. The van der Waals surface area contributed by atoms with E-state index >= 15 is 0 Å². The summed E-state index contributed by atoms with van der Waals surface area (Å²) in [6, 6.07) is 6.61. The zero-order chi connectivity index (χ0) is 12.8. The molecule has 0 radical (unpaired) electrons. The molecule has 0 spiro atoms. The molecule has 0 saturated heterocycles. The topological polar surface area (TPSA) is 81.4 Å². The second kappa shape index (κ2) is 5.89. The van der Waals surface area contributed by atoms with Gasteiger partial charge in [0.05, 0.1) is 19.6 Å². The Kier molecular flexibility index (Phi) is 4.51. The number of esters is 1. The molecule has 1 rings (SSSR count). The van der Waals surface area contributed by atoms with Gasteiger partial charge in [0.1, 0.15) is 0 Å². The van der Waals surface area contributed by atoms with E-state index in [1.54, 1.807) is 24.3 Å². The summed E-state index contributed by atoms with van der Waals surface area (Å²) in [5.41, 5.74) is 7.03. The van der Waals surface area contributed by atoms with Crippen molar-refractivity contribution < 1.29 is 14.3 Å². The third kappa shape index (κ3) is 4.14. The van der Waals surface area contributed by atoms with E-state index in [0.717, 1.165) is 5.56 Å². The Morgan fingerprint density at radius 3 is 2.41 bits per heavy atom. The van der Waals surface area contributed by atoms with Gasteiger partial charge in [-0.1, -0.05) is 12.1 Å². The van der Waals surface area contributed by atoms with Crippen LogP contribution in [-0.4, -0.2) is 19.0 Å². The third-order valence-electron chi connectivity index (χ3n) is 2.31. The molecule has 1 aromatic rings. The Labute approximate surface area is 99.9 Å². The zero-order valence-electron chi connectivity index (χ0n) is 9.90. The highest BCUT2D eigenvalue weighted by Gasteiger charge is 2.17. The average molecular weight is 236 g/mol. The fraction of sp³-hybridized carbons (Fsp3) is 0.333. The molecular formula is C12H16N2O3. The Bertz CT molecular complexity index is 401. The van der Waals surface area contributed by atoms with Crippen molar-refractivity contribution in [3.63, 3.8) is 0 Å². The summed E-state index contributed by atoms with van der Waals surface area (Å²) >= 11 is 0. The number of nitrogen functional groups attached to an aromatic ring is 1. The van der Waals surface area contributed by atoms with Gasteiger partial charge >= 0.3 is 5.97 Å². The van der Waals surface area contributed by atoms with E-state index < -0.39 is 0 Å². The highest BCUT2D eigenvalue weighted by Crippen LogP contribution is 2.18. The molecule has 5 heteroatoms. The van der Waals surface area contributed by atoms with E-state index in [0.29, 0.717) is 5.69 Å². The molecule has 0 heterocycles. The first-order valence-corrected chi connectivity index (χ1v) is 5.22. The molecule has 0 aliphatic carbocycles. The van der Waals surface area contributed by atoms with Gasteiger partial charge in [0, 0.05) is 12.6 Å². The van der Waals surface area contributed by atoms with Crippen LogP contribution in [-0.2, 0) is 14.3 Å². The second-order valence-corrected chi connectivity index (χ2v) is 3.70. The molecule has 1 atom stereocenters. The summed E-state index contributed by atoms with van der Waals surface area (Å²) in [5.74, 6) is -0.573. The van der Waals surface area contributed by atoms with Crippen molar-refractivity contribution in [1.82, 2.24) is 5.32 Å². The molecular weight excluding hydrogens is 220 g/mol. The lowest BCUT2D eigenvalue weighted by Gasteiger charge is -2.17. The second-order valence-electron chi connectivity index (χ2n) is 3.70. The average Bonchev–Trinajstić information content (AvgIpc) is 2.28. The van der Waals surface area contributed by atoms with Gasteiger partial charge < -0.3 is 15.8 Å². The van der Waals surface area contributed by atoms with Gasteiger partial charge in [0.25, 0.3) is 0 Å². The van der Waals surface area contributed by atoms with Gasteiger partial charge in [0.15, 0.2) is 0 Å². The smallest absolute Gasteiger partial charge is 0.307 e. The standard InChI is InChI=1S/C12H16N2O3/c1-8(15)14-11(7-12(16)17-2)9-3-5-10(13)6-4-9/h3-6,11H,7,13H2,1-2H3,(H,14,15)/t11-/m1/s1. The summed E-state index contributed by atoms with van der Waals surface area (Å²) < 4.78 is 4.59. The minimum atomic E-state index is -0.388. The molecule has 92 valence electrons. The number of rotatable bonds is 4. The molecule has 0 aliphatic heterocycles. The number of nitrogens with two attached hydrogens (primary N) is 1. The van der Waals surface area contributed by atoms with Crippen LogP contribution < -0.4 is 11.1 Å². The summed E-state index contributed by atoms with van der Waals surface area (Å²) in [6.07, 6.45) is 0.0972. The van der Waals surface area contributed by atoms with Crippen LogP contribution in [0.25, 0.3) is 0 Å². The van der Waals surface area contributed by atoms with Crippen molar-refractivity contribution in [1.29, 1.82) is 0 Å². The quantitative estimate of drug-likeness (QED) is 0.604. The van der Waals surface area contributed by atoms with E-state index in [2.05, 4.69) is 10.1 Å². The van der Waals surface area contributed by atoms with E-state index in [4.69, 9.17) is 5.73 Å². The van der Waals surface area contributed by atoms with Crippen LogP contribution in [0.5, 0.6) is 0 Å². The van der Waals surface area contributed by atoms with Gasteiger partial charge in [0.2, 0.25) is 5.91 Å². The van der Waals surface area contributed by atoms with Crippen molar-refractivity contribution in [3.8, 4) is 0 Å². The maximum atomic E-state index is 11.2. The van der Waals surface area contributed by atoms with Crippen molar-refractivity contribution in [2.45, 2.75) is 19.4 Å². The van der Waals surface area contributed by atoms with Crippen molar-refractivity contribution in [2.24, 2.45) is 0 Å². The number of amides is 1. The lowest BCUT2D eigenvalue weighted by molar-refractivity contribution is -0.141. The molecule has 0 saturated carbocycles. The monoisotopic (exact) mass is 236 g/mol. The number of carbonyl (C=O) groups is 2. The number of methoxy groups -OCH3 is 1. The lowest BCUT2D eigenvalue weighted by atomic mass is 10.0. The van der Waals surface area contributed by atoms with Crippen LogP contribution in [0.4, 0.5) is 5.69 Å². The van der Waals surface area contributed by atoms with Crippen LogP contribution in [0.3, 0.4) is 0 Å². The van der Waals surface area contributed by atoms with Crippen LogP contribution >= 0.6 is 0 Å². The maximum absolute atomic E-state index is 11.2. The SMILES string of the molecule is COC(=O)C[C@@H](NC(C)=O)c1ccc(N)cc1. The summed E-state index contributed by atoms with van der Waals surface area (Å²) in [6.45, 7) is 1.40. The molecule has 17 heavy (non-hydrogen) atoms. The van der Waals surface area contributed by atoms with Gasteiger partial charge in [-0.15, -0.1) is 0 Å². The highest BCUT2D eigenvalue weighted by molar-refractivity contribution is 5.76. The van der Waals surface area contributed by atoms with E-state index in [1.165, 1.54) is 14.0 Å². The van der Waals surface area contributed by atoms with Gasteiger partial charge in [-0.2, -0.15) is 0 Å². The van der Waals surface area contributed by atoms with E-state index in [-0.39, 0.29) is 24.3 Å². The van der Waals surface area contributed by atoms with Crippen molar-refractivity contribution in [3.05, 3.63) is 29.8 Å². The molecule has 0 fully saturated rings. The minimum absolute atomic E-state index is 0.0972. The molecule has 3 N–H and O–H groups in total. The molecule has 0 aromatic heterocycles. The molecule has 1 amide bonds. The Morgan fingerprint density at radius 1 is 1.35 bits per heavy atom. The van der Waals surface area contributed by atoms with Gasteiger partial charge in [-0.05, 0) is 17.7 Å². The number of ether oxygens (including phenoxy) is 1. The molecule has 0 bridgehead atoms. The predicted octanol–water partition coefficient (Wildman–Crippen LogP) is 1.01. The van der Waals surface area contributed by atoms with Crippen LogP contribution in [0, 0.1) is 0 Å². The number of anilines is 1. The summed E-state index contributed by atoms with van der Waals surface area (Å²) in [7, 11) is 1.32. The maximum Gasteiger partial charge on any atom is 0.307 e. The van der Waals surface area contributed by atoms with Gasteiger partial charge in [-0.25, -0.2) is 0 Å². The Balaban J connectivity index is 2.85. The highest BCUT2D eigenvalue weighted by atomic mass is 16.5. The molecule has 1 aromatic carbocycles. The predicted molar refractivity (Wildman–Crippen MR) is 64.0 cm³/mol. The Morgan fingerprint density at radius 2 is 1.94 bits per heavy atom. The fourth-order valence-electron chi connectivity index (χ4n) is 1.48. The number of hydrogen-bond donors (Lipinski definition) is 2. The van der Waals surface area contributed by atoms with Crippen molar-refractivity contribution >= 4 is 17.6 Å². The first-order chi connectivity index (χ1) is 8.02. The lowest BCUT2D eigenvalue weighted by Crippen LogP contribution is -2.28. The van der Waals surface area contributed by atoms with E-state index in [1.807, 2.05) is 0 Å². The third-order valence-corrected chi connectivity index (χ3v) is 2.31. The van der Waals surface area contributed by atoms with Crippen LogP contribution in [0.1, 0.15) is 24.9 Å². The molecule has 0 unspecified atom stereocenters. The van der Waals surface area contributed by atoms with Crippen LogP contribution in [0.15, 0.2) is 24.3 Å². The number of benzene rings is 1. The van der Waals surface area contributed by atoms with Crippen LogP contribution in [0.2, 0.25) is 0 Å². The molecule has 5 nitrogen and oxygen atoms in total. The normalized spacial score (nSPS) is 11.6. The Hall–Kier alpha value is -2.04. The first-order valence-electron chi connectivity index (χ1n) is 5.22. The van der Waals surface area contributed by atoms with E-state index in [9.17, 15) is 9.59 Å². The van der Waals surface area contributed by atoms with Crippen molar-refractivity contribution in [2.75, 3.05) is 12.8 Å². The zero-order valence-corrected chi connectivity index (χ0v) is 9.90. The first kappa shape index (κ1) is 13.0. The number of hydrogen-bond acceptors (Lipinski definition) is 4.